The maximum Gasteiger partial charge on any atom is 0.257 e. The molecular weight excluding hydrogens is 370 g/mol. The summed E-state index contributed by atoms with van der Waals surface area (Å²) in [5.41, 5.74) is 2.08. The number of amides is 1. The van der Waals surface area contributed by atoms with E-state index in [-0.39, 0.29) is 12.0 Å². The van der Waals surface area contributed by atoms with Crippen LogP contribution in [-0.2, 0) is 9.47 Å². The SMILES string of the molecule is CC(C)Oc1ccccc1NC(=O)c1cncc(N2CCC3(CC2)OCCO3)c1. The lowest BCUT2D eigenvalue weighted by Crippen LogP contribution is -2.45. The quantitative estimate of drug-likeness (QED) is 0.833. The Hall–Kier alpha value is -2.64. The molecule has 4 rings (SSSR count). The monoisotopic (exact) mass is 397 g/mol. The van der Waals surface area contributed by atoms with Gasteiger partial charge in [-0.3, -0.25) is 9.78 Å². The summed E-state index contributed by atoms with van der Waals surface area (Å²) in [4.78, 5) is 19.3. The van der Waals surface area contributed by atoms with E-state index in [0.717, 1.165) is 31.6 Å². The number of nitrogens with zero attached hydrogens (tertiary/aromatic N) is 2. The molecule has 0 unspecified atom stereocenters. The first-order chi connectivity index (χ1) is 14.0. The number of hydrogen-bond donors (Lipinski definition) is 1. The van der Waals surface area contributed by atoms with Gasteiger partial charge in [-0.15, -0.1) is 0 Å². The van der Waals surface area contributed by atoms with Gasteiger partial charge in [0.1, 0.15) is 5.75 Å². The summed E-state index contributed by atoms with van der Waals surface area (Å²) in [6, 6.07) is 9.31. The zero-order chi connectivity index (χ0) is 20.3. The van der Waals surface area contributed by atoms with Crippen LogP contribution in [0.3, 0.4) is 0 Å². The molecule has 7 heteroatoms. The minimum atomic E-state index is -0.418. The van der Waals surface area contributed by atoms with Gasteiger partial charge in [-0.2, -0.15) is 0 Å². The molecule has 7 nitrogen and oxygen atoms in total. The van der Waals surface area contributed by atoms with Crippen LogP contribution in [0.1, 0.15) is 37.0 Å². The molecule has 1 N–H and O–H groups in total. The second-order valence-corrected chi connectivity index (χ2v) is 7.64. The zero-order valence-electron chi connectivity index (χ0n) is 16.9. The molecule has 0 atom stereocenters. The number of para-hydroxylation sites is 2. The smallest absolute Gasteiger partial charge is 0.257 e. The molecule has 2 aromatic rings. The molecule has 2 aliphatic heterocycles. The number of carbonyl (C=O) groups is 1. The molecule has 1 spiro atoms. The van der Waals surface area contributed by atoms with Crippen LogP contribution >= 0.6 is 0 Å². The molecule has 1 aromatic carbocycles. The number of rotatable bonds is 5. The van der Waals surface area contributed by atoms with E-state index >= 15 is 0 Å². The summed E-state index contributed by atoms with van der Waals surface area (Å²) >= 11 is 0. The highest BCUT2D eigenvalue weighted by atomic mass is 16.7. The fraction of sp³-hybridized carbons (Fsp3) is 0.455. The third-order valence-corrected chi connectivity index (χ3v) is 5.19. The molecule has 1 aromatic heterocycles. The van der Waals surface area contributed by atoms with Gasteiger partial charge in [0.25, 0.3) is 5.91 Å². The number of hydrogen-bond acceptors (Lipinski definition) is 6. The Labute approximate surface area is 171 Å². The molecule has 1 amide bonds. The van der Waals surface area contributed by atoms with Gasteiger partial charge in [-0.05, 0) is 32.0 Å². The highest BCUT2D eigenvalue weighted by Gasteiger charge is 2.39. The number of anilines is 2. The van der Waals surface area contributed by atoms with Gasteiger partial charge in [0.15, 0.2) is 5.79 Å². The highest BCUT2D eigenvalue weighted by Crippen LogP contribution is 2.33. The summed E-state index contributed by atoms with van der Waals surface area (Å²) in [5.74, 6) is 0.0203. The molecule has 154 valence electrons. The van der Waals surface area contributed by atoms with E-state index < -0.39 is 5.79 Å². The van der Waals surface area contributed by atoms with Crippen molar-refractivity contribution in [2.24, 2.45) is 0 Å². The largest absolute Gasteiger partial charge is 0.489 e. The van der Waals surface area contributed by atoms with Crippen LogP contribution in [0.5, 0.6) is 5.75 Å². The lowest BCUT2D eigenvalue weighted by atomic mass is 10.0. The van der Waals surface area contributed by atoms with Crippen molar-refractivity contribution < 1.29 is 19.0 Å². The summed E-state index contributed by atoms with van der Waals surface area (Å²) in [5, 5.41) is 2.94. The minimum absolute atomic E-state index is 0.0215. The van der Waals surface area contributed by atoms with Crippen molar-refractivity contribution in [3.8, 4) is 5.75 Å². The number of benzene rings is 1. The van der Waals surface area contributed by atoms with E-state index in [1.807, 2.05) is 44.2 Å². The molecule has 0 saturated carbocycles. The average molecular weight is 397 g/mol. The first-order valence-electron chi connectivity index (χ1n) is 10.1. The molecule has 2 fully saturated rings. The lowest BCUT2D eigenvalue weighted by Gasteiger charge is -2.38. The normalized spacial score (nSPS) is 18.2. The Morgan fingerprint density at radius 2 is 1.90 bits per heavy atom. The number of nitrogens with one attached hydrogen (secondary N) is 1. The van der Waals surface area contributed by atoms with Crippen molar-refractivity contribution in [3.63, 3.8) is 0 Å². The molecule has 2 saturated heterocycles. The second kappa shape index (κ2) is 8.39. The minimum Gasteiger partial charge on any atom is -0.489 e. The Balaban J connectivity index is 1.44. The zero-order valence-corrected chi connectivity index (χ0v) is 16.9. The van der Waals surface area contributed by atoms with Crippen molar-refractivity contribution in [1.82, 2.24) is 4.98 Å². The molecule has 0 aliphatic carbocycles. The Morgan fingerprint density at radius 3 is 2.62 bits per heavy atom. The molecule has 3 heterocycles. The van der Waals surface area contributed by atoms with Crippen LogP contribution < -0.4 is 15.0 Å². The fourth-order valence-electron chi connectivity index (χ4n) is 3.74. The standard InChI is InChI=1S/C22H27N3O4/c1-16(2)29-20-6-4-3-5-19(20)24-21(26)17-13-18(15-23-14-17)25-9-7-22(8-10-25)27-11-12-28-22/h3-6,13-16H,7-12H2,1-2H3,(H,24,26). The van der Waals surface area contributed by atoms with Crippen LogP contribution in [0.15, 0.2) is 42.7 Å². The van der Waals surface area contributed by atoms with Gasteiger partial charge in [0.2, 0.25) is 0 Å². The lowest BCUT2D eigenvalue weighted by molar-refractivity contribution is -0.169. The van der Waals surface area contributed by atoms with Crippen LogP contribution in [-0.4, -0.2) is 49.1 Å². The predicted octanol–water partition coefficient (Wildman–Crippen LogP) is 3.46. The molecule has 0 radical (unpaired) electrons. The van der Waals surface area contributed by atoms with Gasteiger partial charge < -0.3 is 24.4 Å². The molecule has 29 heavy (non-hydrogen) atoms. The van der Waals surface area contributed by atoms with Crippen LogP contribution in [0.2, 0.25) is 0 Å². The van der Waals surface area contributed by atoms with E-state index in [1.165, 1.54) is 0 Å². The van der Waals surface area contributed by atoms with Crippen molar-refractivity contribution in [2.45, 2.75) is 38.6 Å². The van der Waals surface area contributed by atoms with Gasteiger partial charge >= 0.3 is 0 Å². The molecule has 2 aliphatic rings. The van der Waals surface area contributed by atoms with Crippen molar-refractivity contribution >= 4 is 17.3 Å². The number of piperidine rings is 1. The Bertz CT molecular complexity index is 855. The number of aromatic nitrogens is 1. The molecule has 0 bridgehead atoms. The van der Waals surface area contributed by atoms with E-state index in [2.05, 4.69) is 15.2 Å². The maximum absolute atomic E-state index is 12.8. The first-order valence-corrected chi connectivity index (χ1v) is 10.1. The van der Waals surface area contributed by atoms with Gasteiger partial charge in [0.05, 0.1) is 42.5 Å². The third kappa shape index (κ3) is 4.52. The average Bonchev–Trinajstić information content (AvgIpc) is 3.17. The van der Waals surface area contributed by atoms with E-state index in [0.29, 0.717) is 30.2 Å². The third-order valence-electron chi connectivity index (χ3n) is 5.19. The fourth-order valence-corrected chi connectivity index (χ4v) is 3.74. The van der Waals surface area contributed by atoms with Crippen LogP contribution in [0, 0.1) is 0 Å². The number of carbonyl (C=O) groups excluding carboxylic acids is 1. The van der Waals surface area contributed by atoms with Gasteiger partial charge in [0, 0.05) is 32.1 Å². The first kappa shape index (κ1) is 19.7. The van der Waals surface area contributed by atoms with Gasteiger partial charge in [-0.25, -0.2) is 0 Å². The van der Waals surface area contributed by atoms with Crippen molar-refractivity contribution in [2.75, 3.05) is 36.5 Å². The van der Waals surface area contributed by atoms with E-state index in [9.17, 15) is 4.79 Å². The van der Waals surface area contributed by atoms with Crippen LogP contribution in [0.4, 0.5) is 11.4 Å². The Morgan fingerprint density at radius 1 is 1.17 bits per heavy atom. The van der Waals surface area contributed by atoms with Crippen molar-refractivity contribution in [1.29, 1.82) is 0 Å². The van der Waals surface area contributed by atoms with Gasteiger partial charge in [-0.1, -0.05) is 12.1 Å². The topological polar surface area (TPSA) is 72.9 Å². The van der Waals surface area contributed by atoms with E-state index in [4.69, 9.17) is 14.2 Å². The summed E-state index contributed by atoms with van der Waals surface area (Å²) < 4.78 is 17.4. The predicted molar refractivity (Wildman–Crippen MR) is 110 cm³/mol. The summed E-state index contributed by atoms with van der Waals surface area (Å²) in [6.07, 6.45) is 5.01. The summed E-state index contributed by atoms with van der Waals surface area (Å²) in [7, 11) is 0. The van der Waals surface area contributed by atoms with E-state index in [1.54, 1.807) is 12.4 Å². The maximum atomic E-state index is 12.8. The van der Waals surface area contributed by atoms with Crippen LogP contribution in [0.25, 0.3) is 0 Å². The summed E-state index contributed by atoms with van der Waals surface area (Å²) in [6.45, 7) is 6.85. The molecular formula is C22H27N3O4. The Kier molecular flexibility index (Phi) is 5.69. The van der Waals surface area contributed by atoms with Crippen molar-refractivity contribution in [3.05, 3.63) is 48.3 Å². The number of ether oxygens (including phenoxy) is 3. The number of pyridine rings is 1. The second-order valence-electron chi connectivity index (χ2n) is 7.64. The highest BCUT2D eigenvalue weighted by molar-refractivity contribution is 6.05.